The Morgan fingerprint density at radius 2 is 1.86 bits per heavy atom. The molecular weight excluding hydrogens is 264 g/mol. The Bertz CT molecular complexity index is 600. The summed E-state index contributed by atoms with van der Waals surface area (Å²) in [6, 6.07) is 11.8. The number of hydrogen-bond donors (Lipinski definition) is 1. The number of hydrogen-bond acceptors (Lipinski definition) is 3. The van der Waals surface area contributed by atoms with Crippen LogP contribution in [0.4, 0.5) is 11.4 Å². The summed E-state index contributed by atoms with van der Waals surface area (Å²) in [6.07, 6.45) is 0. The predicted molar refractivity (Wildman–Crippen MR) is 86.0 cm³/mol. The van der Waals surface area contributed by atoms with Gasteiger partial charge >= 0.3 is 0 Å². The van der Waals surface area contributed by atoms with Crippen LogP contribution in [0.1, 0.15) is 37.1 Å². The van der Waals surface area contributed by atoms with Crippen LogP contribution in [0.3, 0.4) is 0 Å². The highest BCUT2D eigenvalue weighted by molar-refractivity contribution is 6.02. The smallest absolute Gasteiger partial charge is 0.291 e. The van der Waals surface area contributed by atoms with E-state index in [1.807, 2.05) is 31.2 Å². The minimum absolute atomic E-state index is 0.230. The molecule has 1 amide bonds. The maximum Gasteiger partial charge on any atom is 0.291 e. The van der Waals surface area contributed by atoms with Crippen molar-refractivity contribution in [3.05, 3.63) is 47.9 Å². The standard InChI is InChI=1S/C17H22N2O2/c1-5-19(12(2)3)15-9-7-14(8-10-15)18-17(20)16-11-6-13(4)21-16/h6-12H,5H2,1-4H3,(H,18,20). The van der Waals surface area contributed by atoms with Gasteiger partial charge < -0.3 is 14.6 Å². The van der Waals surface area contributed by atoms with E-state index in [4.69, 9.17) is 4.42 Å². The topological polar surface area (TPSA) is 45.5 Å². The molecule has 21 heavy (non-hydrogen) atoms. The van der Waals surface area contributed by atoms with E-state index in [9.17, 15) is 4.79 Å². The van der Waals surface area contributed by atoms with Crippen molar-refractivity contribution in [1.29, 1.82) is 0 Å². The summed E-state index contributed by atoms with van der Waals surface area (Å²) in [5.74, 6) is 0.826. The van der Waals surface area contributed by atoms with E-state index in [1.54, 1.807) is 12.1 Å². The molecule has 112 valence electrons. The molecule has 0 saturated carbocycles. The lowest BCUT2D eigenvalue weighted by atomic mass is 10.2. The average Bonchev–Trinajstić information content (AvgIpc) is 2.88. The highest BCUT2D eigenvalue weighted by Crippen LogP contribution is 2.20. The van der Waals surface area contributed by atoms with Crippen LogP contribution in [-0.2, 0) is 0 Å². The Morgan fingerprint density at radius 3 is 2.33 bits per heavy atom. The lowest BCUT2D eigenvalue weighted by Gasteiger charge is -2.27. The molecule has 4 nitrogen and oxygen atoms in total. The van der Waals surface area contributed by atoms with Gasteiger partial charge in [-0.1, -0.05) is 0 Å². The molecule has 0 aliphatic carbocycles. The minimum Gasteiger partial charge on any atom is -0.456 e. The first-order valence-electron chi connectivity index (χ1n) is 7.25. The first-order valence-corrected chi connectivity index (χ1v) is 7.25. The third kappa shape index (κ3) is 3.66. The van der Waals surface area contributed by atoms with E-state index in [1.165, 1.54) is 0 Å². The fraction of sp³-hybridized carbons (Fsp3) is 0.353. The lowest BCUT2D eigenvalue weighted by molar-refractivity contribution is 0.0995. The molecule has 1 heterocycles. The summed E-state index contributed by atoms with van der Waals surface area (Å²) in [5.41, 5.74) is 1.91. The van der Waals surface area contributed by atoms with Gasteiger partial charge in [-0.25, -0.2) is 0 Å². The highest BCUT2D eigenvalue weighted by atomic mass is 16.3. The van der Waals surface area contributed by atoms with E-state index < -0.39 is 0 Å². The van der Waals surface area contributed by atoms with Crippen molar-refractivity contribution >= 4 is 17.3 Å². The third-order valence-electron chi connectivity index (χ3n) is 3.39. The van der Waals surface area contributed by atoms with E-state index >= 15 is 0 Å². The number of nitrogens with one attached hydrogen (secondary N) is 1. The molecular formula is C17H22N2O2. The second kappa shape index (κ2) is 6.48. The molecule has 2 aromatic rings. The molecule has 0 radical (unpaired) electrons. The molecule has 1 aromatic heterocycles. The summed E-state index contributed by atoms with van der Waals surface area (Å²) in [6.45, 7) is 9.23. The highest BCUT2D eigenvalue weighted by Gasteiger charge is 2.11. The van der Waals surface area contributed by atoms with Crippen LogP contribution in [0.15, 0.2) is 40.8 Å². The number of benzene rings is 1. The fourth-order valence-corrected chi connectivity index (χ4v) is 2.33. The SMILES string of the molecule is CCN(c1ccc(NC(=O)c2ccc(C)o2)cc1)C(C)C. The molecule has 2 rings (SSSR count). The average molecular weight is 286 g/mol. The Labute approximate surface area is 125 Å². The number of nitrogens with zero attached hydrogens (tertiary/aromatic N) is 1. The van der Waals surface area contributed by atoms with E-state index in [0.29, 0.717) is 11.8 Å². The first-order chi connectivity index (χ1) is 10.0. The minimum atomic E-state index is -0.230. The second-order valence-electron chi connectivity index (χ2n) is 5.29. The third-order valence-corrected chi connectivity index (χ3v) is 3.39. The Hall–Kier alpha value is -2.23. The number of amides is 1. The molecule has 0 fully saturated rings. The summed E-state index contributed by atoms with van der Waals surface area (Å²) in [7, 11) is 0. The Kier molecular flexibility index (Phi) is 4.68. The van der Waals surface area contributed by atoms with Crippen molar-refractivity contribution in [2.75, 3.05) is 16.8 Å². The second-order valence-corrected chi connectivity index (χ2v) is 5.29. The van der Waals surface area contributed by atoms with Gasteiger partial charge in [0.1, 0.15) is 5.76 Å². The number of carbonyl (C=O) groups is 1. The largest absolute Gasteiger partial charge is 0.456 e. The predicted octanol–water partition coefficient (Wildman–Crippen LogP) is 4.08. The van der Waals surface area contributed by atoms with Gasteiger partial charge in [-0.2, -0.15) is 0 Å². The molecule has 1 N–H and O–H groups in total. The summed E-state index contributed by atoms with van der Waals surface area (Å²) >= 11 is 0. The van der Waals surface area contributed by atoms with Crippen LogP contribution in [-0.4, -0.2) is 18.5 Å². The Balaban J connectivity index is 2.07. The van der Waals surface area contributed by atoms with Crippen molar-refractivity contribution in [2.24, 2.45) is 0 Å². The fourth-order valence-electron chi connectivity index (χ4n) is 2.33. The van der Waals surface area contributed by atoms with Crippen molar-refractivity contribution in [2.45, 2.75) is 33.7 Å². The van der Waals surface area contributed by atoms with Crippen LogP contribution in [0.5, 0.6) is 0 Å². The number of rotatable bonds is 5. The van der Waals surface area contributed by atoms with E-state index in [0.717, 1.165) is 23.7 Å². The zero-order valence-electron chi connectivity index (χ0n) is 13.0. The van der Waals surface area contributed by atoms with Crippen LogP contribution in [0, 0.1) is 6.92 Å². The maximum atomic E-state index is 12.0. The molecule has 0 aliphatic rings. The van der Waals surface area contributed by atoms with Gasteiger partial charge in [0.2, 0.25) is 0 Å². The quantitative estimate of drug-likeness (QED) is 0.901. The zero-order chi connectivity index (χ0) is 15.4. The van der Waals surface area contributed by atoms with Crippen molar-refractivity contribution in [3.63, 3.8) is 0 Å². The normalized spacial score (nSPS) is 10.7. The van der Waals surface area contributed by atoms with Crippen LogP contribution in [0.25, 0.3) is 0 Å². The van der Waals surface area contributed by atoms with Gasteiger partial charge in [0.05, 0.1) is 0 Å². The molecule has 1 aromatic carbocycles. The Morgan fingerprint density at radius 1 is 1.19 bits per heavy atom. The van der Waals surface area contributed by atoms with Gasteiger partial charge in [-0.3, -0.25) is 4.79 Å². The van der Waals surface area contributed by atoms with E-state index in [2.05, 4.69) is 31.0 Å². The number of anilines is 2. The van der Waals surface area contributed by atoms with Crippen molar-refractivity contribution < 1.29 is 9.21 Å². The van der Waals surface area contributed by atoms with Gasteiger partial charge in [0.25, 0.3) is 5.91 Å². The zero-order valence-corrected chi connectivity index (χ0v) is 13.0. The molecule has 4 heteroatoms. The number of aryl methyl sites for hydroxylation is 1. The van der Waals surface area contributed by atoms with Gasteiger partial charge in [-0.05, 0) is 64.1 Å². The van der Waals surface area contributed by atoms with Crippen LogP contribution < -0.4 is 10.2 Å². The van der Waals surface area contributed by atoms with Crippen molar-refractivity contribution in [3.8, 4) is 0 Å². The molecule has 0 atom stereocenters. The van der Waals surface area contributed by atoms with E-state index in [-0.39, 0.29) is 5.91 Å². The maximum absolute atomic E-state index is 12.0. The lowest BCUT2D eigenvalue weighted by Crippen LogP contribution is -2.30. The molecule has 0 spiro atoms. The molecule has 0 unspecified atom stereocenters. The summed E-state index contributed by atoms with van der Waals surface area (Å²) < 4.78 is 5.31. The first kappa shape index (κ1) is 15.2. The van der Waals surface area contributed by atoms with Gasteiger partial charge in [0.15, 0.2) is 5.76 Å². The molecule has 0 bridgehead atoms. The summed E-state index contributed by atoms with van der Waals surface area (Å²) in [4.78, 5) is 14.3. The summed E-state index contributed by atoms with van der Waals surface area (Å²) in [5, 5.41) is 2.83. The monoisotopic (exact) mass is 286 g/mol. The van der Waals surface area contributed by atoms with Gasteiger partial charge in [0, 0.05) is 24.0 Å². The van der Waals surface area contributed by atoms with Crippen molar-refractivity contribution in [1.82, 2.24) is 0 Å². The van der Waals surface area contributed by atoms with Crippen LogP contribution >= 0.6 is 0 Å². The van der Waals surface area contributed by atoms with Gasteiger partial charge in [-0.15, -0.1) is 0 Å². The number of carbonyl (C=O) groups excluding carboxylic acids is 1. The van der Waals surface area contributed by atoms with Crippen LogP contribution in [0.2, 0.25) is 0 Å². The number of furan rings is 1. The molecule has 0 saturated heterocycles. The molecule has 0 aliphatic heterocycles.